The Morgan fingerprint density at radius 1 is 1.42 bits per heavy atom. The van der Waals surface area contributed by atoms with Gasteiger partial charge in [0, 0.05) is 11.3 Å². The Bertz CT molecular complexity index is 289. The van der Waals surface area contributed by atoms with Crippen LogP contribution in [0.25, 0.3) is 0 Å². The van der Waals surface area contributed by atoms with Crippen LogP contribution in [-0.4, -0.2) is 6.26 Å². The summed E-state index contributed by atoms with van der Waals surface area (Å²) in [5, 5.41) is 0. The van der Waals surface area contributed by atoms with Gasteiger partial charge in [-0.3, -0.25) is 0 Å². The van der Waals surface area contributed by atoms with Gasteiger partial charge >= 0.3 is 0 Å². The van der Waals surface area contributed by atoms with Crippen molar-refractivity contribution in [1.29, 1.82) is 0 Å². The van der Waals surface area contributed by atoms with Gasteiger partial charge in [-0.15, -0.1) is 0 Å². The van der Waals surface area contributed by atoms with Crippen molar-refractivity contribution in [2.75, 3.05) is 6.26 Å². The molecule has 1 aromatic rings. The molecule has 12 heavy (non-hydrogen) atoms. The van der Waals surface area contributed by atoms with Gasteiger partial charge < -0.3 is 0 Å². The van der Waals surface area contributed by atoms with E-state index in [2.05, 4.69) is 15.9 Å². The highest BCUT2D eigenvalue weighted by Crippen LogP contribution is 2.23. The summed E-state index contributed by atoms with van der Waals surface area (Å²) < 4.78 is 26.1. The van der Waals surface area contributed by atoms with Gasteiger partial charge in [0.15, 0.2) is 0 Å². The summed E-state index contributed by atoms with van der Waals surface area (Å²) in [6.07, 6.45) is 1.85. The molecule has 0 aromatic heterocycles. The van der Waals surface area contributed by atoms with Crippen LogP contribution in [0.5, 0.6) is 0 Å². The third-order valence-electron chi connectivity index (χ3n) is 1.37. The number of halogens is 3. The van der Waals surface area contributed by atoms with Crippen molar-refractivity contribution in [3.05, 3.63) is 33.8 Å². The van der Waals surface area contributed by atoms with Gasteiger partial charge in [0.2, 0.25) is 0 Å². The smallest absolute Gasteiger partial charge is 0.141 e. The number of benzene rings is 1. The highest BCUT2D eigenvalue weighted by molar-refractivity contribution is 9.10. The number of thioether (sulfide) groups is 1. The van der Waals surface area contributed by atoms with Gasteiger partial charge in [-0.2, -0.15) is 11.8 Å². The molecule has 0 heterocycles. The molecule has 0 aliphatic heterocycles. The van der Waals surface area contributed by atoms with E-state index in [4.69, 9.17) is 0 Å². The second-order valence-corrected chi connectivity index (χ2v) is 4.01. The highest BCUT2D eigenvalue weighted by atomic mass is 79.9. The standard InChI is InChI=1S/C8H7BrF2S/c1-12-4-5-2-6(10)3-7(9)8(5)11/h2-3H,4H2,1H3. The van der Waals surface area contributed by atoms with E-state index in [0.717, 1.165) is 6.07 Å². The van der Waals surface area contributed by atoms with Gasteiger partial charge in [0.05, 0.1) is 4.47 Å². The first-order chi connectivity index (χ1) is 5.65. The van der Waals surface area contributed by atoms with Gasteiger partial charge in [-0.05, 0) is 34.3 Å². The van der Waals surface area contributed by atoms with Crippen molar-refractivity contribution in [3.63, 3.8) is 0 Å². The average Bonchev–Trinajstić information content (AvgIpc) is 2.00. The van der Waals surface area contributed by atoms with Gasteiger partial charge in [0.25, 0.3) is 0 Å². The minimum absolute atomic E-state index is 0.187. The van der Waals surface area contributed by atoms with Crippen molar-refractivity contribution < 1.29 is 8.78 Å². The zero-order valence-corrected chi connectivity index (χ0v) is 8.81. The fraction of sp³-hybridized carbons (Fsp3) is 0.250. The molecule has 0 N–H and O–H groups in total. The summed E-state index contributed by atoms with van der Waals surface area (Å²) in [6.45, 7) is 0. The fourth-order valence-corrected chi connectivity index (χ4v) is 1.86. The lowest BCUT2D eigenvalue weighted by Gasteiger charge is -2.02. The second kappa shape index (κ2) is 4.23. The first kappa shape index (κ1) is 9.99. The Labute approximate surface area is 82.5 Å². The van der Waals surface area contributed by atoms with Crippen LogP contribution in [0.1, 0.15) is 5.56 Å². The third-order valence-corrected chi connectivity index (χ3v) is 2.54. The molecule has 0 spiro atoms. The summed E-state index contributed by atoms with van der Waals surface area (Å²) in [4.78, 5) is 0. The lowest BCUT2D eigenvalue weighted by atomic mass is 10.2. The summed E-state index contributed by atoms with van der Waals surface area (Å²) >= 11 is 4.40. The topological polar surface area (TPSA) is 0 Å². The van der Waals surface area contributed by atoms with E-state index in [1.807, 2.05) is 6.26 Å². The van der Waals surface area contributed by atoms with Crippen LogP contribution in [0, 0.1) is 11.6 Å². The van der Waals surface area contributed by atoms with Crippen LogP contribution < -0.4 is 0 Å². The third kappa shape index (κ3) is 2.20. The molecule has 1 aromatic carbocycles. The second-order valence-electron chi connectivity index (χ2n) is 2.29. The maximum atomic E-state index is 13.1. The average molecular weight is 253 g/mol. The van der Waals surface area contributed by atoms with E-state index in [-0.39, 0.29) is 10.3 Å². The highest BCUT2D eigenvalue weighted by Gasteiger charge is 2.07. The van der Waals surface area contributed by atoms with Crippen LogP contribution in [0.2, 0.25) is 0 Å². The molecule has 0 saturated heterocycles. The number of rotatable bonds is 2. The van der Waals surface area contributed by atoms with E-state index in [9.17, 15) is 8.78 Å². The van der Waals surface area contributed by atoms with E-state index in [1.165, 1.54) is 17.8 Å². The van der Waals surface area contributed by atoms with Crippen LogP contribution in [0.15, 0.2) is 16.6 Å². The van der Waals surface area contributed by atoms with E-state index >= 15 is 0 Å². The molecule has 0 bridgehead atoms. The predicted molar refractivity (Wildman–Crippen MR) is 51.3 cm³/mol. The van der Waals surface area contributed by atoms with Gasteiger partial charge in [-0.25, -0.2) is 8.78 Å². The monoisotopic (exact) mass is 252 g/mol. The summed E-state index contributed by atoms with van der Waals surface area (Å²) in [7, 11) is 0. The molecule has 0 radical (unpaired) electrons. The van der Waals surface area contributed by atoms with Gasteiger partial charge in [-0.1, -0.05) is 0 Å². The summed E-state index contributed by atoms with van der Waals surface area (Å²) in [5.74, 6) is -0.291. The Balaban J connectivity index is 3.09. The largest absolute Gasteiger partial charge is 0.207 e. The maximum absolute atomic E-state index is 13.1. The van der Waals surface area contributed by atoms with Crippen LogP contribution in [0.3, 0.4) is 0 Å². The van der Waals surface area contributed by atoms with E-state index < -0.39 is 5.82 Å². The molecule has 0 aliphatic carbocycles. The fourth-order valence-electron chi connectivity index (χ4n) is 0.870. The Morgan fingerprint density at radius 2 is 2.08 bits per heavy atom. The maximum Gasteiger partial charge on any atom is 0.141 e. The van der Waals surface area contributed by atoms with Crippen molar-refractivity contribution in [1.82, 2.24) is 0 Å². The number of hydrogen-bond donors (Lipinski definition) is 0. The summed E-state index contributed by atoms with van der Waals surface area (Å²) in [5.41, 5.74) is 0.398. The molecule has 0 unspecified atom stereocenters. The van der Waals surface area contributed by atoms with Crippen molar-refractivity contribution >= 4 is 27.7 Å². The number of hydrogen-bond acceptors (Lipinski definition) is 1. The molecule has 0 fully saturated rings. The van der Waals surface area contributed by atoms with Crippen molar-refractivity contribution in [2.24, 2.45) is 0 Å². The van der Waals surface area contributed by atoms with Crippen molar-refractivity contribution in [3.8, 4) is 0 Å². The first-order valence-electron chi connectivity index (χ1n) is 3.27. The Kier molecular flexibility index (Phi) is 3.53. The van der Waals surface area contributed by atoms with Crippen LogP contribution in [-0.2, 0) is 5.75 Å². The molecule has 0 aliphatic rings. The minimum Gasteiger partial charge on any atom is -0.207 e. The normalized spacial score (nSPS) is 10.3. The molecule has 4 heteroatoms. The SMILES string of the molecule is CSCc1cc(F)cc(Br)c1F. The molecule has 66 valence electrons. The molecular weight excluding hydrogens is 246 g/mol. The van der Waals surface area contributed by atoms with Crippen LogP contribution >= 0.6 is 27.7 Å². The molecule has 0 atom stereocenters. The molecule has 0 nitrogen and oxygen atoms in total. The zero-order chi connectivity index (χ0) is 9.14. The predicted octanol–water partition coefficient (Wildman–Crippen LogP) is 3.59. The summed E-state index contributed by atoms with van der Waals surface area (Å²) in [6, 6.07) is 2.34. The van der Waals surface area contributed by atoms with Crippen LogP contribution in [0.4, 0.5) is 8.78 Å². The lowest BCUT2D eigenvalue weighted by Crippen LogP contribution is -1.90. The Hall–Kier alpha value is -0.0900. The zero-order valence-electron chi connectivity index (χ0n) is 6.40. The molecule has 0 amide bonds. The first-order valence-corrected chi connectivity index (χ1v) is 5.46. The van der Waals surface area contributed by atoms with Crippen molar-refractivity contribution in [2.45, 2.75) is 5.75 Å². The molecule has 0 saturated carbocycles. The molecular formula is C8H7BrF2S. The van der Waals surface area contributed by atoms with Gasteiger partial charge in [0.1, 0.15) is 11.6 Å². The lowest BCUT2D eigenvalue weighted by molar-refractivity contribution is 0.585. The minimum atomic E-state index is -0.410. The Morgan fingerprint density at radius 3 is 2.67 bits per heavy atom. The molecule has 1 rings (SSSR count). The quantitative estimate of drug-likeness (QED) is 0.726. The van der Waals surface area contributed by atoms with E-state index in [1.54, 1.807) is 0 Å². The van der Waals surface area contributed by atoms with E-state index in [0.29, 0.717) is 11.3 Å².